The van der Waals surface area contributed by atoms with Gasteiger partial charge in [0.15, 0.2) is 0 Å². The summed E-state index contributed by atoms with van der Waals surface area (Å²) in [4.78, 5) is 2.59. The number of methoxy groups -OCH3 is 1. The van der Waals surface area contributed by atoms with Crippen molar-refractivity contribution in [3.05, 3.63) is 29.8 Å². The van der Waals surface area contributed by atoms with Gasteiger partial charge in [0, 0.05) is 19.1 Å². The summed E-state index contributed by atoms with van der Waals surface area (Å²) < 4.78 is 5.18. The van der Waals surface area contributed by atoms with E-state index in [1.165, 1.54) is 18.5 Å². The maximum Gasteiger partial charge on any atom is 0.118 e. The summed E-state index contributed by atoms with van der Waals surface area (Å²) in [5.41, 5.74) is 1.39. The minimum Gasteiger partial charge on any atom is -0.497 e. The molecule has 100 valence electrons. The Labute approximate surface area is 110 Å². The van der Waals surface area contributed by atoms with Gasteiger partial charge in [-0.05, 0) is 50.6 Å². The number of hydrogen-bond acceptors (Lipinski definition) is 3. The molecule has 0 radical (unpaired) electrons. The normalized spacial score (nSPS) is 21.6. The zero-order chi connectivity index (χ0) is 12.8. The van der Waals surface area contributed by atoms with Crippen LogP contribution in [0.2, 0.25) is 0 Å². The fourth-order valence-corrected chi connectivity index (χ4v) is 2.46. The first-order valence-corrected chi connectivity index (χ1v) is 6.87. The molecule has 0 aromatic heterocycles. The Kier molecular flexibility index (Phi) is 5.02. The minimum absolute atomic E-state index is 0.644. The summed E-state index contributed by atoms with van der Waals surface area (Å²) in [5, 5.41) is 3.48. The summed E-state index contributed by atoms with van der Waals surface area (Å²) in [6.07, 6.45) is 2.38. The summed E-state index contributed by atoms with van der Waals surface area (Å²) in [7, 11) is 1.71. The molecule has 1 aromatic rings. The van der Waals surface area contributed by atoms with E-state index in [1.54, 1.807) is 7.11 Å². The van der Waals surface area contributed by atoms with E-state index in [1.807, 2.05) is 12.1 Å². The van der Waals surface area contributed by atoms with Gasteiger partial charge in [-0.2, -0.15) is 0 Å². The maximum atomic E-state index is 5.18. The van der Waals surface area contributed by atoms with Crippen LogP contribution in [0, 0.1) is 0 Å². The number of nitrogens with one attached hydrogen (secondary N) is 1. The summed E-state index contributed by atoms with van der Waals surface area (Å²) in [6.45, 7) is 6.94. The van der Waals surface area contributed by atoms with Crippen molar-refractivity contribution in [2.24, 2.45) is 0 Å². The second kappa shape index (κ2) is 6.76. The van der Waals surface area contributed by atoms with E-state index in [0.717, 1.165) is 31.8 Å². The lowest BCUT2D eigenvalue weighted by atomic mass is 10.1. The molecule has 1 aliphatic rings. The van der Waals surface area contributed by atoms with E-state index in [9.17, 15) is 0 Å². The van der Waals surface area contributed by atoms with Gasteiger partial charge in [-0.15, -0.1) is 0 Å². The molecule has 1 N–H and O–H groups in total. The Morgan fingerprint density at radius 2 is 2.11 bits per heavy atom. The standard InChI is InChI=1S/C15H24N2O/c1-13-12-16-9-3-10-17(13)11-8-14-4-6-15(18-2)7-5-14/h4-7,13,16H,3,8-12H2,1-2H3. The average molecular weight is 248 g/mol. The molecule has 1 atom stereocenters. The molecule has 0 bridgehead atoms. The molecule has 1 aromatic carbocycles. The quantitative estimate of drug-likeness (QED) is 0.881. The highest BCUT2D eigenvalue weighted by molar-refractivity contribution is 5.27. The number of rotatable bonds is 4. The van der Waals surface area contributed by atoms with Crippen molar-refractivity contribution in [3.8, 4) is 5.75 Å². The van der Waals surface area contributed by atoms with E-state index < -0.39 is 0 Å². The highest BCUT2D eigenvalue weighted by Crippen LogP contribution is 2.13. The molecule has 0 amide bonds. The first kappa shape index (κ1) is 13.4. The molecule has 0 saturated carbocycles. The van der Waals surface area contributed by atoms with Crippen LogP contribution in [0.25, 0.3) is 0 Å². The number of ether oxygens (including phenoxy) is 1. The molecule has 1 aliphatic heterocycles. The van der Waals surface area contributed by atoms with Gasteiger partial charge in [0.05, 0.1) is 7.11 Å². The van der Waals surface area contributed by atoms with Crippen LogP contribution in [-0.2, 0) is 6.42 Å². The van der Waals surface area contributed by atoms with E-state index in [4.69, 9.17) is 4.74 Å². The fraction of sp³-hybridized carbons (Fsp3) is 0.600. The second-order valence-corrected chi connectivity index (χ2v) is 5.04. The lowest BCUT2D eigenvalue weighted by molar-refractivity contribution is 0.225. The summed E-state index contributed by atoms with van der Waals surface area (Å²) in [5.74, 6) is 0.936. The van der Waals surface area contributed by atoms with Gasteiger partial charge in [0.25, 0.3) is 0 Å². The number of benzene rings is 1. The highest BCUT2D eigenvalue weighted by Gasteiger charge is 2.15. The van der Waals surface area contributed by atoms with E-state index in [2.05, 4.69) is 29.3 Å². The van der Waals surface area contributed by atoms with Crippen LogP contribution in [-0.4, -0.2) is 44.2 Å². The maximum absolute atomic E-state index is 5.18. The molecule has 3 nitrogen and oxygen atoms in total. The van der Waals surface area contributed by atoms with Crippen LogP contribution in [0.4, 0.5) is 0 Å². The van der Waals surface area contributed by atoms with Gasteiger partial charge >= 0.3 is 0 Å². The Bertz CT molecular complexity index is 350. The molecule has 1 fully saturated rings. The van der Waals surface area contributed by atoms with Crippen molar-refractivity contribution in [2.45, 2.75) is 25.8 Å². The van der Waals surface area contributed by atoms with Crippen molar-refractivity contribution in [3.63, 3.8) is 0 Å². The molecule has 1 heterocycles. The molecular weight excluding hydrogens is 224 g/mol. The predicted octanol–water partition coefficient (Wildman–Crippen LogP) is 1.92. The minimum atomic E-state index is 0.644. The summed E-state index contributed by atoms with van der Waals surface area (Å²) >= 11 is 0. The first-order chi connectivity index (χ1) is 8.79. The van der Waals surface area contributed by atoms with Gasteiger partial charge in [0.2, 0.25) is 0 Å². The highest BCUT2D eigenvalue weighted by atomic mass is 16.5. The SMILES string of the molecule is COc1ccc(CCN2CCCNCC2C)cc1. The van der Waals surface area contributed by atoms with Crippen molar-refractivity contribution in [1.82, 2.24) is 10.2 Å². The van der Waals surface area contributed by atoms with Gasteiger partial charge in [-0.3, -0.25) is 4.90 Å². The molecule has 1 unspecified atom stereocenters. The van der Waals surface area contributed by atoms with Crippen LogP contribution in [0.5, 0.6) is 5.75 Å². The van der Waals surface area contributed by atoms with Crippen molar-refractivity contribution in [1.29, 1.82) is 0 Å². The molecule has 1 saturated heterocycles. The van der Waals surface area contributed by atoms with Crippen LogP contribution < -0.4 is 10.1 Å². The molecule has 0 spiro atoms. The molecule has 18 heavy (non-hydrogen) atoms. The Hall–Kier alpha value is -1.06. The average Bonchev–Trinajstić information content (AvgIpc) is 2.62. The van der Waals surface area contributed by atoms with Crippen LogP contribution >= 0.6 is 0 Å². The van der Waals surface area contributed by atoms with Crippen molar-refractivity contribution >= 4 is 0 Å². The number of nitrogens with zero attached hydrogens (tertiary/aromatic N) is 1. The number of hydrogen-bond donors (Lipinski definition) is 1. The Morgan fingerprint density at radius 3 is 2.83 bits per heavy atom. The Morgan fingerprint density at radius 1 is 1.33 bits per heavy atom. The van der Waals surface area contributed by atoms with Gasteiger partial charge in [0.1, 0.15) is 5.75 Å². The van der Waals surface area contributed by atoms with Gasteiger partial charge in [-0.25, -0.2) is 0 Å². The molecule has 0 aliphatic carbocycles. The van der Waals surface area contributed by atoms with E-state index in [-0.39, 0.29) is 0 Å². The van der Waals surface area contributed by atoms with Crippen molar-refractivity contribution in [2.75, 3.05) is 33.3 Å². The molecule has 3 heteroatoms. The first-order valence-electron chi connectivity index (χ1n) is 6.87. The lowest BCUT2D eigenvalue weighted by Gasteiger charge is -2.26. The van der Waals surface area contributed by atoms with E-state index >= 15 is 0 Å². The smallest absolute Gasteiger partial charge is 0.118 e. The van der Waals surface area contributed by atoms with Crippen LogP contribution in [0.1, 0.15) is 18.9 Å². The second-order valence-electron chi connectivity index (χ2n) is 5.04. The molecular formula is C15H24N2O. The molecule has 2 rings (SSSR count). The van der Waals surface area contributed by atoms with Gasteiger partial charge < -0.3 is 10.1 Å². The van der Waals surface area contributed by atoms with E-state index in [0.29, 0.717) is 6.04 Å². The van der Waals surface area contributed by atoms with Crippen molar-refractivity contribution < 1.29 is 4.74 Å². The third-order valence-corrected chi connectivity index (χ3v) is 3.71. The topological polar surface area (TPSA) is 24.5 Å². The summed E-state index contributed by atoms with van der Waals surface area (Å²) in [6, 6.07) is 9.07. The third kappa shape index (κ3) is 3.72. The van der Waals surface area contributed by atoms with Crippen LogP contribution in [0.15, 0.2) is 24.3 Å². The third-order valence-electron chi connectivity index (χ3n) is 3.71. The monoisotopic (exact) mass is 248 g/mol. The largest absolute Gasteiger partial charge is 0.497 e. The van der Waals surface area contributed by atoms with Crippen LogP contribution in [0.3, 0.4) is 0 Å². The lowest BCUT2D eigenvalue weighted by Crippen LogP contribution is -2.38. The predicted molar refractivity (Wildman–Crippen MR) is 75.2 cm³/mol. The zero-order valence-corrected chi connectivity index (χ0v) is 11.5. The zero-order valence-electron chi connectivity index (χ0n) is 11.5. The fourth-order valence-electron chi connectivity index (χ4n) is 2.46. The van der Waals surface area contributed by atoms with Gasteiger partial charge in [-0.1, -0.05) is 12.1 Å². The Balaban J connectivity index is 1.85.